The zero-order valence-corrected chi connectivity index (χ0v) is 14.4. The van der Waals surface area contributed by atoms with Gasteiger partial charge in [-0.15, -0.1) is 17.9 Å². The molecule has 1 rings (SSSR count). The minimum Gasteiger partial charge on any atom is -0.334 e. The number of amides is 1. The van der Waals surface area contributed by atoms with Gasteiger partial charge < -0.3 is 10.6 Å². The van der Waals surface area contributed by atoms with Gasteiger partial charge in [-0.25, -0.2) is 0 Å². The van der Waals surface area contributed by atoms with E-state index in [2.05, 4.69) is 20.4 Å². The summed E-state index contributed by atoms with van der Waals surface area (Å²) in [5, 5.41) is 0. The Morgan fingerprint density at radius 1 is 1.52 bits per heavy atom. The largest absolute Gasteiger partial charge is 0.334 e. The minimum absolute atomic E-state index is 0.135. The smallest absolute Gasteiger partial charge is 0.223 e. The number of nitrogens with two attached hydrogens (primary N) is 1. The number of halogens is 1. The highest BCUT2D eigenvalue weighted by Crippen LogP contribution is 2.23. The summed E-state index contributed by atoms with van der Waals surface area (Å²) in [6.45, 7) is 9.73. The molecular weight excluding hydrogens is 304 g/mol. The summed E-state index contributed by atoms with van der Waals surface area (Å²) in [6.07, 6.45) is 3.24. The van der Waals surface area contributed by atoms with Gasteiger partial charge in [0.1, 0.15) is 0 Å². The quantitative estimate of drug-likeness (QED) is 0.698. The van der Waals surface area contributed by atoms with Crippen molar-refractivity contribution in [1.82, 2.24) is 4.90 Å². The number of nitrogens with zero attached hydrogens (tertiary/aromatic N) is 1. The van der Waals surface area contributed by atoms with Crippen molar-refractivity contribution in [1.29, 1.82) is 0 Å². The van der Waals surface area contributed by atoms with Gasteiger partial charge in [-0.1, -0.05) is 31.5 Å². The molecule has 0 aromatic carbocycles. The molecule has 2 N–H and O–H groups in total. The third-order valence-electron chi connectivity index (χ3n) is 3.28. The molecule has 0 fully saturated rings. The lowest BCUT2D eigenvalue weighted by Gasteiger charge is -2.24. The molecular formula is C16H25ClN2OS. The minimum atomic E-state index is 0.135. The van der Waals surface area contributed by atoms with E-state index in [0.29, 0.717) is 32.0 Å². The van der Waals surface area contributed by atoms with Crippen LogP contribution in [-0.4, -0.2) is 23.9 Å². The predicted molar refractivity (Wildman–Crippen MR) is 91.6 cm³/mol. The molecule has 21 heavy (non-hydrogen) atoms. The Kier molecular flexibility index (Phi) is 8.01. The average Bonchev–Trinajstić information content (AvgIpc) is 2.82. The van der Waals surface area contributed by atoms with Crippen LogP contribution in [0.1, 0.15) is 31.6 Å². The number of carbonyl (C=O) groups excluding carboxylic acids is 1. The molecule has 5 heteroatoms. The molecule has 0 aliphatic heterocycles. The van der Waals surface area contributed by atoms with Crippen LogP contribution in [0.5, 0.6) is 0 Å². The molecule has 0 spiro atoms. The van der Waals surface area contributed by atoms with Crippen molar-refractivity contribution in [3.63, 3.8) is 0 Å². The number of rotatable bonds is 9. The number of hydrogen-bond acceptors (Lipinski definition) is 3. The lowest BCUT2D eigenvalue weighted by Crippen LogP contribution is -2.33. The van der Waals surface area contributed by atoms with Crippen molar-refractivity contribution in [2.45, 2.75) is 33.2 Å². The second-order valence-electron chi connectivity index (χ2n) is 5.70. The van der Waals surface area contributed by atoms with E-state index >= 15 is 0 Å². The van der Waals surface area contributed by atoms with Crippen LogP contribution in [0.4, 0.5) is 0 Å². The summed E-state index contributed by atoms with van der Waals surface area (Å²) in [5.41, 5.74) is 5.79. The molecule has 0 bridgehead atoms. The molecule has 0 aliphatic carbocycles. The molecule has 0 radical (unpaired) electrons. The van der Waals surface area contributed by atoms with E-state index < -0.39 is 0 Å². The van der Waals surface area contributed by atoms with Crippen molar-refractivity contribution in [2.75, 3.05) is 13.1 Å². The zero-order chi connectivity index (χ0) is 15.8. The van der Waals surface area contributed by atoms with Gasteiger partial charge in [0.15, 0.2) is 0 Å². The lowest BCUT2D eigenvalue weighted by atomic mass is 9.94. The van der Waals surface area contributed by atoms with Crippen molar-refractivity contribution in [3.05, 3.63) is 34.0 Å². The molecule has 0 aliphatic rings. The number of thiophene rings is 1. The fourth-order valence-electron chi connectivity index (χ4n) is 2.34. The summed E-state index contributed by atoms with van der Waals surface area (Å²) >= 11 is 7.45. The van der Waals surface area contributed by atoms with E-state index in [-0.39, 0.29) is 11.8 Å². The van der Waals surface area contributed by atoms with Crippen molar-refractivity contribution in [3.8, 4) is 0 Å². The van der Waals surface area contributed by atoms with E-state index in [1.54, 1.807) is 6.08 Å². The van der Waals surface area contributed by atoms with E-state index in [4.69, 9.17) is 17.3 Å². The third-order valence-corrected chi connectivity index (χ3v) is 4.50. The first-order valence-electron chi connectivity index (χ1n) is 7.29. The molecule has 3 nitrogen and oxygen atoms in total. The van der Waals surface area contributed by atoms with Crippen LogP contribution in [0.3, 0.4) is 0 Å². The van der Waals surface area contributed by atoms with Gasteiger partial charge in [-0.05, 0) is 36.9 Å². The van der Waals surface area contributed by atoms with Gasteiger partial charge in [0.05, 0.1) is 10.9 Å². The maximum atomic E-state index is 12.5. The van der Waals surface area contributed by atoms with Gasteiger partial charge in [0.2, 0.25) is 5.91 Å². The van der Waals surface area contributed by atoms with Crippen LogP contribution in [0, 0.1) is 11.8 Å². The van der Waals surface area contributed by atoms with E-state index in [9.17, 15) is 4.79 Å². The Bertz CT molecular complexity index is 459. The molecule has 1 unspecified atom stereocenters. The monoisotopic (exact) mass is 328 g/mol. The molecule has 1 atom stereocenters. The van der Waals surface area contributed by atoms with Crippen molar-refractivity contribution >= 4 is 28.8 Å². The first-order valence-corrected chi connectivity index (χ1v) is 8.48. The zero-order valence-electron chi connectivity index (χ0n) is 12.8. The molecule has 1 aromatic rings. The van der Waals surface area contributed by atoms with Gasteiger partial charge in [-0.3, -0.25) is 4.79 Å². The third kappa shape index (κ3) is 6.64. The van der Waals surface area contributed by atoms with Crippen molar-refractivity contribution in [2.24, 2.45) is 17.6 Å². The standard InChI is InChI=1S/C16H25ClN2OS/c1-4-7-19(11-14-5-6-15(17)21-14)16(20)9-13(10-18)8-12(2)3/h4-6,12-13H,1,7-11,18H2,2-3H3. The topological polar surface area (TPSA) is 46.3 Å². The van der Waals surface area contributed by atoms with E-state index in [1.807, 2.05) is 17.0 Å². The number of hydrogen-bond donors (Lipinski definition) is 1. The normalized spacial score (nSPS) is 12.4. The fourth-order valence-corrected chi connectivity index (χ4v) is 3.44. The highest BCUT2D eigenvalue weighted by atomic mass is 35.5. The Morgan fingerprint density at radius 2 is 2.24 bits per heavy atom. The Morgan fingerprint density at radius 3 is 2.71 bits per heavy atom. The van der Waals surface area contributed by atoms with Crippen LogP contribution in [0.2, 0.25) is 4.34 Å². The van der Waals surface area contributed by atoms with Crippen LogP contribution in [0.25, 0.3) is 0 Å². The summed E-state index contributed by atoms with van der Waals surface area (Å²) < 4.78 is 0.746. The molecule has 118 valence electrons. The van der Waals surface area contributed by atoms with Crippen LogP contribution in [-0.2, 0) is 11.3 Å². The first kappa shape index (κ1) is 18.2. The molecule has 1 amide bonds. The highest BCUT2D eigenvalue weighted by Gasteiger charge is 2.19. The van der Waals surface area contributed by atoms with Crippen LogP contribution >= 0.6 is 22.9 Å². The number of carbonyl (C=O) groups is 1. The molecule has 0 saturated heterocycles. The maximum absolute atomic E-state index is 12.5. The molecule has 0 saturated carbocycles. The SMILES string of the molecule is C=CCN(Cc1ccc(Cl)s1)C(=O)CC(CN)CC(C)C. The summed E-state index contributed by atoms with van der Waals surface area (Å²) in [5.74, 6) is 0.933. The van der Waals surface area contributed by atoms with E-state index in [1.165, 1.54) is 11.3 Å². The maximum Gasteiger partial charge on any atom is 0.223 e. The second-order valence-corrected chi connectivity index (χ2v) is 7.50. The van der Waals surface area contributed by atoms with Gasteiger partial charge in [0.25, 0.3) is 0 Å². The second kappa shape index (κ2) is 9.23. The Balaban J connectivity index is 2.65. The van der Waals surface area contributed by atoms with Crippen LogP contribution < -0.4 is 5.73 Å². The molecule has 1 heterocycles. The first-order chi connectivity index (χ1) is 9.96. The highest BCUT2D eigenvalue weighted by molar-refractivity contribution is 7.16. The predicted octanol–water partition coefficient (Wildman–Crippen LogP) is 3.93. The summed E-state index contributed by atoms with van der Waals surface area (Å²) in [4.78, 5) is 15.4. The Labute approximate surface area is 136 Å². The van der Waals surface area contributed by atoms with Crippen LogP contribution in [0.15, 0.2) is 24.8 Å². The van der Waals surface area contributed by atoms with E-state index in [0.717, 1.165) is 15.6 Å². The van der Waals surface area contributed by atoms with Crippen molar-refractivity contribution < 1.29 is 4.79 Å². The van der Waals surface area contributed by atoms with Gasteiger partial charge in [0, 0.05) is 17.8 Å². The lowest BCUT2D eigenvalue weighted by molar-refractivity contribution is -0.132. The Hall–Kier alpha value is -0.840. The summed E-state index contributed by atoms with van der Waals surface area (Å²) in [6, 6.07) is 3.82. The molecule has 1 aromatic heterocycles. The van der Waals surface area contributed by atoms with Gasteiger partial charge >= 0.3 is 0 Å². The summed E-state index contributed by atoms with van der Waals surface area (Å²) in [7, 11) is 0. The fraction of sp³-hybridized carbons (Fsp3) is 0.562. The van der Waals surface area contributed by atoms with Gasteiger partial charge in [-0.2, -0.15) is 0 Å². The average molecular weight is 329 g/mol.